The molecular formula is C13H18N8O3. The Kier molecular flexibility index (Phi) is 4.79. The zero-order valence-electron chi connectivity index (χ0n) is 13.7. The van der Waals surface area contributed by atoms with Crippen LogP contribution in [0.15, 0.2) is 9.73 Å². The highest BCUT2D eigenvalue weighted by Gasteiger charge is 2.17. The molecule has 0 aromatic carbocycles. The van der Waals surface area contributed by atoms with E-state index in [1.807, 2.05) is 4.90 Å². The second kappa shape index (κ2) is 7.17. The summed E-state index contributed by atoms with van der Waals surface area (Å²) in [6.07, 6.45) is 0. The van der Waals surface area contributed by atoms with Gasteiger partial charge in [-0.1, -0.05) is 5.16 Å². The zero-order valence-corrected chi connectivity index (χ0v) is 13.7. The maximum absolute atomic E-state index is 5.34. The van der Waals surface area contributed by atoms with E-state index in [0.717, 1.165) is 0 Å². The normalized spacial score (nSPS) is 15.5. The number of hydrogen-bond donors (Lipinski definition) is 1. The number of hydrazone groups is 1. The van der Waals surface area contributed by atoms with Gasteiger partial charge in [-0.3, -0.25) is 0 Å². The molecule has 2 aromatic rings. The standard InChI is InChI=1S/C13H18N8O3/c1-8(10-9(2)19-24-20-10)17-18-11-14-12(16-13(15-11)22-3)21-4-6-23-7-5-21/h4-7H2,1-3H3,(H,14,15,16,18)/b17-8+. The third-order valence-corrected chi connectivity index (χ3v) is 3.40. The number of rotatable bonds is 5. The van der Waals surface area contributed by atoms with Gasteiger partial charge in [0.15, 0.2) is 5.69 Å². The maximum atomic E-state index is 5.34. The molecule has 2 aromatic heterocycles. The number of aromatic nitrogens is 5. The Bertz CT molecular complexity index is 726. The molecule has 24 heavy (non-hydrogen) atoms. The molecule has 11 nitrogen and oxygen atoms in total. The molecule has 0 spiro atoms. The molecule has 1 N–H and O–H groups in total. The first-order valence-corrected chi connectivity index (χ1v) is 7.40. The van der Waals surface area contributed by atoms with Crippen molar-refractivity contribution in [2.45, 2.75) is 13.8 Å². The second-order valence-electron chi connectivity index (χ2n) is 5.05. The molecule has 0 aliphatic carbocycles. The summed E-state index contributed by atoms with van der Waals surface area (Å²) in [4.78, 5) is 14.8. The molecule has 0 atom stereocenters. The minimum absolute atomic E-state index is 0.209. The summed E-state index contributed by atoms with van der Waals surface area (Å²) in [5.74, 6) is 0.789. The highest BCUT2D eigenvalue weighted by Crippen LogP contribution is 2.16. The van der Waals surface area contributed by atoms with Crippen LogP contribution >= 0.6 is 0 Å². The number of methoxy groups -OCH3 is 1. The number of ether oxygens (including phenoxy) is 2. The molecular weight excluding hydrogens is 316 g/mol. The van der Waals surface area contributed by atoms with Crippen LogP contribution in [0.3, 0.4) is 0 Å². The third-order valence-electron chi connectivity index (χ3n) is 3.40. The van der Waals surface area contributed by atoms with Crippen molar-refractivity contribution in [1.29, 1.82) is 0 Å². The van der Waals surface area contributed by atoms with Crippen molar-refractivity contribution in [2.24, 2.45) is 5.10 Å². The molecule has 0 bridgehead atoms. The fourth-order valence-corrected chi connectivity index (χ4v) is 2.14. The van der Waals surface area contributed by atoms with Gasteiger partial charge in [-0.15, -0.1) is 0 Å². The van der Waals surface area contributed by atoms with Crippen molar-refractivity contribution in [3.05, 3.63) is 11.4 Å². The van der Waals surface area contributed by atoms with Crippen LogP contribution in [0.25, 0.3) is 0 Å². The van der Waals surface area contributed by atoms with E-state index < -0.39 is 0 Å². The first kappa shape index (κ1) is 16.1. The molecule has 0 saturated carbocycles. The van der Waals surface area contributed by atoms with Gasteiger partial charge in [-0.2, -0.15) is 20.1 Å². The van der Waals surface area contributed by atoms with Gasteiger partial charge in [-0.25, -0.2) is 10.1 Å². The Hall–Kier alpha value is -2.82. The lowest BCUT2D eigenvalue weighted by molar-refractivity contribution is 0.122. The number of nitrogens with zero attached hydrogens (tertiary/aromatic N) is 7. The number of hydrogen-bond acceptors (Lipinski definition) is 11. The van der Waals surface area contributed by atoms with Crippen LogP contribution in [-0.4, -0.2) is 64.4 Å². The minimum atomic E-state index is 0.209. The van der Waals surface area contributed by atoms with Crippen molar-refractivity contribution in [3.8, 4) is 6.01 Å². The summed E-state index contributed by atoms with van der Waals surface area (Å²) in [7, 11) is 1.50. The summed E-state index contributed by atoms with van der Waals surface area (Å²) in [6.45, 7) is 6.24. The summed E-state index contributed by atoms with van der Waals surface area (Å²) in [6, 6.07) is 0.209. The van der Waals surface area contributed by atoms with Crippen LogP contribution < -0.4 is 15.1 Å². The van der Waals surface area contributed by atoms with Crippen molar-refractivity contribution in [2.75, 3.05) is 43.7 Å². The lowest BCUT2D eigenvalue weighted by Gasteiger charge is -2.26. The van der Waals surface area contributed by atoms with Crippen molar-refractivity contribution >= 4 is 17.6 Å². The van der Waals surface area contributed by atoms with E-state index in [1.54, 1.807) is 13.8 Å². The Morgan fingerprint density at radius 1 is 1.21 bits per heavy atom. The monoisotopic (exact) mass is 334 g/mol. The van der Waals surface area contributed by atoms with Crippen LogP contribution in [0, 0.1) is 6.92 Å². The predicted molar refractivity (Wildman–Crippen MR) is 84.3 cm³/mol. The van der Waals surface area contributed by atoms with Crippen molar-refractivity contribution < 1.29 is 14.1 Å². The molecule has 1 aliphatic heterocycles. The van der Waals surface area contributed by atoms with E-state index in [9.17, 15) is 0 Å². The van der Waals surface area contributed by atoms with Crippen molar-refractivity contribution in [1.82, 2.24) is 25.3 Å². The number of aryl methyl sites for hydroxylation is 1. The average Bonchev–Trinajstić information content (AvgIpc) is 3.06. The fourth-order valence-electron chi connectivity index (χ4n) is 2.14. The first-order valence-electron chi connectivity index (χ1n) is 7.40. The number of nitrogens with one attached hydrogen (secondary N) is 1. The van der Waals surface area contributed by atoms with Crippen LogP contribution in [0.4, 0.5) is 11.9 Å². The Balaban J connectivity index is 1.80. The van der Waals surface area contributed by atoms with E-state index >= 15 is 0 Å². The Morgan fingerprint density at radius 3 is 2.67 bits per heavy atom. The van der Waals surface area contributed by atoms with E-state index in [0.29, 0.717) is 49.4 Å². The zero-order chi connectivity index (χ0) is 16.9. The summed E-state index contributed by atoms with van der Waals surface area (Å²) < 4.78 is 15.1. The third kappa shape index (κ3) is 3.56. The molecule has 0 unspecified atom stereocenters. The van der Waals surface area contributed by atoms with E-state index in [1.165, 1.54) is 7.11 Å². The van der Waals surface area contributed by atoms with Crippen LogP contribution in [-0.2, 0) is 4.74 Å². The molecule has 1 saturated heterocycles. The lowest BCUT2D eigenvalue weighted by Crippen LogP contribution is -2.37. The summed E-state index contributed by atoms with van der Waals surface area (Å²) in [5, 5.41) is 11.7. The van der Waals surface area contributed by atoms with Gasteiger partial charge in [0.25, 0.3) is 5.95 Å². The topological polar surface area (TPSA) is 124 Å². The highest BCUT2D eigenvalue weighted by atomic mass is 16.6. The van der Waals surface area contributed by atoms with Gasteiger partial charge in [0.1, 0.15) is 5.69 Å². The van der Waals surface area contributed by atoms with E-state index in [2.05, 4.69) is 40.4 Å². The van der Waals surface area contributed by atoms with Gasteiger partial charge in [0.2, 0.25) is 5.95 Å². The molecule has 0 amide bonds. The lowest BCUT2D eigenvalue weighted by atomic mass is 10.2. The maximum Gasteiger partial charge on any atom is 0.322 e. The molecule has 1 aliphatic rings. The number of anilines is 2. The highest BCUT2D eigenvalue weighted by molar-refractivity contribution is 5.97. The Labute approximate surface area is 138 Å². The van der Waals surface area contributed by atoms with Gasteiger partial charge < -0.3 is 14.4 Å². The molecule has 3 rings (SSSR count). The SMILES string of the molecule is COc1nc(N/N=C(\C)c2nonc2C)nc(N2CCOCC2)n1. The summed E-state index contributed by atoms with van der Waals surface area (Å²) in [5.41, 5.74) is 4.61. The largest absolute Gasteiger partial charge is 0.467 e. The van der Waals surface area contributed by atoms with Crippen LogP contribution in [0.5, 0.6) is 6.01 Å². The summed E-state index contributed by atoms with van der Waals surface area (Å²) >= 11 is 0. The van der Waals surface area contributed by atoms with Crippen LogP contribution in [0.1, 0.15) is 18.3 Å². The fraction of sp³-hybridized carbons (Fsp3) is 0.538. The van der Waals surface area contributed by atoms with Gasteiger partial charge >= 0.3 is 6.01 Å². The smallest absolute Gasteiger partial charge is 0.322 e. The predicted octanol–water partition coefficient (Wildman–Crippen LogP) is 0.244. The van der Waals surface area contributed by atoms with Gasteiger partial charge in [0.05, 0.1) is 26.0 Å². The van der Waals surface area contributed by atoms with Gasteiger partial charge in [-0.05, 0) is 19.0 Å². The van der Waals surface area contributed by atoms with Crippen LogP contribution in [0.2, 0.25) is 0 Å². The quantitative estimate of drug-likeness (QED) is 0.600. The minimum Gasteiger partial charge on any atom is -0.467 e. The molecule has 128 valence electrons. The number of morpholine rings is 1. The molecule has 1 fully saturated rings. The van der Waals surface area contributed by atoms with Crippen molar-refractivity contribution in [3.63, 3.8) is 0 Å². The second-order valence-corrected chi connectivity index (χ2v) is 5.05. The average molecular weight is 334 g/mol. The molecule has 3 heterocycles. The van der Waals surface area contributed by atoms with Gasteiger partial charge in [0, 0.05) is 13.1 Å². The Morgan fingerprint density at radius 2 is 2.00 bits per heavy atom. The molecule has 0 radical (unpaired) electrons. The van der Waals surface area contributed by atoms with E-state index in [-0.39, 0.29) is 12.0 Å². The first-order chi connectivity index (χ1) is 11.7. The van der Waals surface area contributed by atoms with E-state index in [4.69, 9.17) is 9.47 Å². The molecule has 11 heteroatoms.